The maximum Gasteiger partial charge on any atom is 0.230 e. The van der Waals surface area contributed by atoms with Gasteiger partial charge in [0.25, 0.3) is 0 Å². The molecule has 0 fully saturated rings. The summed E-state index contributed by atoms with van der Waals surface area (Å²) < 4.78 is 1.76. The number of tetrazole rings is 1. The van der Waals surface area contributed by atoms with Gasteiger partial charge in [-0.2, -0.15) is 0 Å². The number of aromatic nitrogens is 4. The van der Waals surface area contributed by atoms with Crippen molar-refractivity contribution >= 4 is 17.7 Å². The number of fused-ring (bicyclic) bond motifs is 1. The van der Waals surface area contributed by atoms with E-state index in [-0.39, 0.29) is 11.9 Å². The summed E-state index contributed by atoms with van der Waals surface area (Å²) in [5, 5.41) is 15.6. The molecule has 1 unspecified atom stereocenters. The van der Waals surface area contributed by atoms with Crippen LogP contribution in [0.15, 0.2) is 29.4 Å². The standard InChI is InChI=1S/C17H23N5OS/c1-12(2)10-22-17(19-20-21-22)24-11-16(23)18-15-9-5-7-13-6-3-4-8-14(13)15/h3-4,6,8,12,15H,5,7,9-11H2,1-2H3,(H,18,23). The maximum absolute atomic E-state index is 12.3. The van der Waals surface area contributed by atoms with Gasteiger partial charge in [-0.25, -0.2) is 4.68 Å². The van der Waals surface area contributed by atoms with Gasteiger partial charge in [0.1, 0.15) is 0 Å². The third-order valence-electron chi connectivity index (χ3n) is 4.07. The predicted octanol–water partition coefficient (Wildman–Crippen LogP) is 2.62. The molecule has 1 aliphatic carbocycles. The van der Waals surface area contributed by atoms with E-state index in [9.17, 15) is 4.79 Å². The lowest BCUT2D eigenvalue weighted by atomic mass is 9.88. The average Bonchev–Trinajstić information content (AvgIpc) is 3.00. The molecular formula is C17H23N5OS. The van der Waals surface area contributed by atoms with Gasteiger partial charge < -0.3 is 5.32 Å². The summed E-state index contributed by atoms with van der Waals surface area (Å²) in [4.78, 5) is 12.3. The molecule has 1 N–H and O–H groups in total. The van der Waals surface area contributed by atoms with Gasteiger partial charge in [-0.05, 0) is 46.7 Å². The van der Waals surface area contributed by atoms with Crippen LogP contribution in [-0.2, 0) is 17.8 Å². The zero-order valence-electron chi connectivity index (χ0n) is 14.1. The molecule has 6 nitrogen and oxygen atoms in total. The van der Waals surface area contributed by atoms with Crippen molar-refractivity contribution in [3.8, 4) is 0 Å². The van der Waals surface area contributed by atoms with E-state index in [1.165, 1.54) is 22.9 Å². The van der Waals surface area contributed by atoms with Crippen molar-refractivity contribution in [1.82, 2.24) is 25.5 Å². The number of nitrogens with one attached hydrogen (secondary N) is 1. The van der Waals surface area contributed by atoms with Gasteiger partial charge in [-0.3, -0.25) is 4.79 Å². The number of amides is 1. The molecule has 0 radical (unpaired) electrons. The van der Waals surface area contributed by atoms with E-state index in [0.29, 0.717) is 16.8 Å². The van der Waals surface area contributed by atoms with Crippen molar-refractivity contribution in [2.45, 2.75) is 50.9 Å². The molecule has 1 atom stereocenters. The van der Waals surface area contributed by atoms with Crippen LogP contribution in [0.1, 0.15) is 43.9 Å². The highest BCUT2D eigenvalue weighted by Gasteiger charge is 2.21. The fraction of sp³-hybridized carbons (Fsp3) is 0.529. The zero-order chi connectivity index (χ0) is 16.9. The summed E-state index contributed by atoms with van der Waals surface area (Å²) in [7, 11) is 0. The van der Waals surface area contributed by atoms with Gasteiger partial charge in [0.05, 0.1) is 11.8 Å². The molecule has 0 saturated heterocycles. The monoisotopic (exact) mass is 345 g/mol. The molecule has 1 heterocycles. The first-order valence-corrected chi connectivity index (χ1v) is 9.38. The Labute approximate surface area is 146 Å². The normalized spacial score (nSPS) is 16.9. The minimum absolute atomic E-state index is 0.0285. The number of hydrogen-bond acceptors (Lipinski definition) is 5. The second-order valence-corrected chi connectivity index (χ2v) is 7.48. The Hall–Kier alpha value is -1.89. The van der Waals surface area contributed by atoms with E-state index in [0.717, 1.165) is 25.8 Å². The minimum Gasteiger partial charge on any atom is -0.349 e. The van der Waals surface area contributed by atoms with Crippen LogP contribution in [0.5, 0.6) is 0 Å². The Bertz CT molecular complexity index is 700. The van der Waals surface area contributed by atoms with E-state index in [1.54, 1.807) is 4.68 Å². The SMILES string of the molecule is CC(C)Cn1nnnc1SCC(=O)NC1CCCc2ccccc21. The summed E-state index contributed by atoms with van der Waals surface area (Å²) in [5.74, 6) is 0.818. The number of carbonyl (C=O) groups is 1. The minimum atomic E-state index is 0.0285. The third kappa shape index (κ3) is 4.14. The number of thioether (sulfide) groups is 1. The molecule has 0 bridgehead atoms. The fourth-order valence-corrected chi connectivity index (χ4v) is 3.73. The van der Waals surface area contributed by atoms with Crippen molar-refractivity contribution in [2.24, 2.45) is 5.92 Å². The largest absolute Gasteiger partial charge is 0.349 e. The van der Waals surface area contributed by atoms with Gasteiger partial charge in [-0.1, -0.05) is 49.9 Å². The van der Waals surface area contributed by atoms with Crippen molar-refractivity contribution in [1.29, 1.82) is 0 Å². The van der Waals surface area contributed by atoms with Gasteiger partial charge in [-0.15, -0.1) is 5.10 Å². The summed E-state index contributed by atoms with van der Waals surface area (Å²) >= 11 is 1.39. The van der Waals surface area contributed by atoms with Gasteiger partial charge in [0.15, 0.2) is 0 Å². The third-order valence-corrected chi connectivity index (χ3v) is 5.03. The van der Waals surface area contributed by atoms with Crippen LogP contribution in [-0.4, -0.2) is 31.9 Å². The molecular weight excluding hydrogens is 322 g/mol. The van der Waals surface area contributed by atoms with Crippen LogP contribution >= 0.6 is 11.8 Å². The molecule has 0 saturated carbocycles. The number of carbonyl (C=O) groups excluding carboxylic acids is 1. The number of aryl methyl sites for hydroxylation is 1. The van der Waals surface area contributed by atoms with Crippen LogP contribution in [0.3, 0.4) is 0 Å². The van der Waals surface area contributed by atoms with Crippen molar-refractivity contribution < 1.29 is 4.79 Å². The second-order valence-electron chi connectivity index (χ2n) is 6.54. The smallest absolute Gasteiger partial charge is 0.230 e. The zero-order valence-corrected chi connectivity index (χ0v) is 14.9. The summed E-state index contributed by atoms with van der Waals surface area (Å²) in [5.41, 5.74) is 2.61. The first-order valence-electron chi connectivity index (χ1n) is 8.39. The average molecular weight is 345 g/mol. The Morgan fingerprint density at radius 2 is 2.25 bits per heavy atom. The van der Waals surface area contributed by atoms with Crippen LogP contribution < -0.4 is 5.32 Å². The Kier molecular flexibility index (Phi) is 5.50. The molecule has 0 spiro atoms. The van der Waals surface area contributed by atoms with Crippen molar-refractivity contribution in [3.05, 3.63) is 35.4 Å². The molecule has 1 amide bonds. The predicted molar refractivity (Wildman–Crippen MR) is 93.6 cm³/mol. The molecule has 7 heteroatoms. The quantitative estimate of drug-likeness (QED) is 0.815. The van der Waals surface area contributed by atoms with E-state index in [4.69, 9.17) is 0 Å². The van der Waals surface area contributed by atoms with Gasteiger partial charge in [0.2, 0.25) is 11.1 Å². The second kappa shape index (κ2) is 7.79. The van der Waals surface area contributed by atoms with Crippen LogP contribution in [0, 0.1) is 5.92 Å². The summed E-state index contributed by atoms with van der Waals surface area (Å²) in [6.45, 7) is 4.99. The Balaban J connectivity index is 1.57. The highest BCUT2D eigenvalue weighted by molar-refractivity contribution is 7.99. The topological polar surface area (TPSA) is 72.7 Å². The van der Waals surface area contributed by atoms with Crippen molar-refractivity contribution in [3.63, 3.8) is 0 Å². The number of hydrogen-bond donors (Lipinski definition) is 1. The first kappa shape index (κ1) is 17.0. The molecule has 1 aromatic heterocycles. The van der Waals surface area contributed by atoms with Crippen LogP contribution in [0.2, 0.25) is 0 Å². The van der Waals surface area contributed by atoms with Crippen LogP contribution in [0.4, 0.5) is 0 Å². The van der Waals surface area contributed by atoms with E-state index < -0.39 is 0 Å². The lowest BCUT2D eigenvalue weighted by molar-refractivity contribution is -0.119. The molecule has 1 aromatic carbocycles. The van der Waals surface area contributed by atoms with E-state index >= 15 is 0 Å². The Morgan fingerprint density at radius 3 is 3.08 bits per heavy atom. The maximum atomic E-state index is 12.3. The molecule has 1 aliphatic rings. The molecule has 24 heavy (non-hydrogen) atoms. The van der Waals surface area contributed by atoms with E-state index in [2.05, 4.69) is 52.9 Å². The molecule has 128 valence electrons. The fourth-order valence-electron chi connectivity index (χ4n) is 3.03. The molecule has 3 rings (SSSR count). The van der Waals surface area contributed by atoms with Crippen molar-refractivity contribution in [2.75, 3.05) is 5.75 Å². The van der Waals surface area contributed by atoms with Gasteiger partial charge in [0, 0.05) is 6.54 Å². The molecule has 2 aromatic rings. The first-order chi connectivity index (χ1) is 11.6. The summed E-state index contributed by atoms with van der Waals surface area (Å²) in [6, 6.07) is 8.50. The van der Waals surface area contributed by atoms with E-state index in [1.807, 2.05) is 6.07 Å². The highest BCUT2D eigenvalue weighted by Crippen LogP contribution is 2.29. The highest BCUT2D eigenvalue weighted by atomic mass is 32.2. The number of nitrogens with zero attached hydrogens (tertiary/aromatic N) is 4. The number of rotatable bonds is 6. The van der Waals surface area contributed by atoms with Gasteiger partial charge >= 0.3 is 0 Å². The summed E-state index contributed by atoms with van der Waals surface area (Å²) in [6.07, 6.45) is 3.21. The number of benzene rings is 1. The Morgan fingerprint density at radius 1 is 1.42 bits per heavy atom. The van der Waals surface area contributed by atoms with Crippen LogP contribution in [0.25, 0.3) is 0 Å². The lowest BCUT2D eigenvalue weighted by Gasteiger charge is -2.26. The lowest BCUT2D eigenvalue weighted by Crippen LogP contribution is -2.32. The molecule has 0 aliphatic heterocycles.